The number of para-hydroxylation sites is 1. The van der Waals surface area contributed by atoms with E-state index in [0.717, 1.165) is 53.0 Å². The number of benzene rings is 3. The molecule has 0 unspecified atom stereocenters. The van der Waals surface area contributed by atoms with Gasteiger partial charge in [0.25, 0.3) is 0 Å². The van der Waals surface area contributed by atoms with Crippen molar-refractivity contribution in [3.8, 4) is 11.5 Å². The zero-order chi connectivity index (χ0) is 24.2. The van der Waals surface area contributed by atoms with Crippen molar-refractivity contribution in [2.24, 2.45) is 0 Å². The summed E-state index contributed by atoms with van der Waals surface area (Å²) in [6.45, 7) is 1.64. The second kappa shape index (κ2) is 11.1. The summed E-state index contributed by atoms with van der Waals surface area (Å²) in [4.78, 5) is 20.2. The predicted molar refractivity (Wildman–Crippen MR) is 147 cm³/mol. The summed E-state index contributed by atoms with van der Waals surface area (Å²) in [6.07, 6.45) is 4.14. The van der Waals surface area contributed by atoms with E-state index in [1.54, 1.807) is 26.4 Å². The van der Waals surface area contributed by atoms with Crippen LogP contribution in [0, 0.1) is 0 Å². The van der Waals surface area contributed by atoms with E-state index in [0.29, 0.717) is 11.5 Å². The Kier molecular flexibility index (Phi) is 7.76. The third-order valence-electron chi connectivity index (χ3n) is 6.20. The van der Waals surface area contributed by atoms with Crippen LogP contribution in [0.25, 0.3) is 17.0 Å². The Labute approximate surface area is 217 Å². The first-order valence-corrected chi connectivity index (χ1v) is 11.6. The van der Waals surface area contributed by atoms with Gasteiger partial charge in [0, 0.05) is 30.1 Å². The third-order valence-corrected chi connectivity index (χ3v) is 6.20. The van der Waals surface area contributed by atoms with Crippen LogP contribution in [-0.4, -0.2) is 31.7 Å². The van der Waals surface area contributed by atoms with Gasteiger partial charge in [-0.3, -0.25) is 4.79 Å². The number of aromatic nitrogens is 1. The van der Waals surface area contributed by atoms with Gasteiger partial charge in [-0.2, -0.15) is 0 Å². The molecule has 1 N–H and O–H groups in total. The SMILES string of the molecule is COc1ccc(C=CC(=O)Nc2c3c(nc4ccccc24)N(Cc2ccccc2)CC3)cc1OC.Cl. The summed E-state index contributed by atoms with van der Waals surface area (Å²) in [5, 5.41) is 4.09. The van der Waals surface area contributed by atoms with Gasteiger partial charge in [0.2, 0.25) is 5.91 Å². The lowest BCUT2D eigenvalue weighted by Crippen LogP contribution is -2.20. The highest BCUT2D eigenvalue weighted by molar-refractivity contribution is 6.09. The molecule has 6 nitrogen and oxygen atoms in total. The lowest BCUT2D eigenvalue weighted by molar-refractivity contribution is -0.111. The second-order valence-electron chi connectivity index (χ2n) is 8.40. The first kappa shape index (κ1) is 25.1. The zero-order valence-electron chi connectivity index (χ0n) is 20.2. The van der Waals surface area contributed by atoms with Gasteiger partial charge < -0.3 is 19.7 Å². The van der Waals surface area contributed by atoms with E-state index in [2.05, 4.69) is 34.5 Å². The van der Waals surface area contributed by atoms with Crippen molar-refractivity contribution in [3.05, 3.63) is 95.6 Å². The third kappa shape index (κ3) is 5.14. The number of halogens is 1. The molecule has 1 aromatic heterocycles. The monoisotopic (exact) mass is 501 g/mol. The minimum Gasteiger partial charge on any atom is -0.493 e. The Balaban J connectivity index is 0.00000304. The van der Waals surface area contributed by atoms with Crippen LogP contribution in [0.15, 0.2) is 78.9 Å². The maximum atomic E-state index is 13.0. The molecular weight excluding hydrogens is 474 g/mol. The first-order chi connectivity index (χ1) is 17.2. The van der Waals surface area contributed by atoms with Crippen LogP contribution in [0.1, 0.15) is 16.7 Å². The van der Waals surface area contributed by atoms with Crippen molar-refractivity contribution in [3.63, 3.8) is 0 Å². The summed E-state index contributed by atoms with van der Waals surface area (Å²) in [5.41, 5.74) is 4.86. The van der Waals surface area contributed by atoms with Gasteiger partial charge in [0.05, 0.1) is 25.4 Å². The molecule has 0 bridgehead atoms. The molecular formula is C29H28ClN3O3. The molecule has 0 spiro atoms. The zero-order valence-corrected chi connectivity index (χ0v) is 21.0. The van der Waals surface area contributed by atoms with Crippen LogP contribution in [0.4, 0.5) is 11.5 Å². The molecule has 0 fully saturated rings. The molecule has 0 aliphatic carbocycles. The molecule has 5 rings (SSSR count). The van der Waals surface area contributed by atoms with Gasteiger partial charge in [-0.05, 0) is 41.8 Å². The van der Waals surface area contributed by atoms with Gasteiger partial charge in [0.15, 0.2) is 11.5 Å². The van der Waals surface area contributed by atoms with E-state index in [-0.39, 0.29) is 18.3 Å². The van der Waals surface area contributed by atoms with E-state index < -0.39 is 0 Å². The van der Waals surface area contributed by atoms with Crippen LogP contribution in [-0.2, 0) is 17.8 Å². The number of ether oxygens (including phenoxy) is 2. The molecule has 1 amide bonds. The van der Waals surface area contributed by atoms with Crippen LogP contribution >= 0.6 is 12.4 Å². The van der Waals surface area contributed by atoms with Crippen molar-refractivity contribution < 1.29 is 14.3 Å². The molecule has 3 aromatic carbocycles. The molecule has 184 valence electrons. The van der Waals surface area contributed by atoms with Gasteiger partial charge in [-0.25, -0.2) is 4.98 Å². The normalized spacial score (nSPS) is 12.3. The van der Waals surface area contributed by atoms with Crippen molar-refractivity contribution in [1.82, 2.24) is 4.98 Å². The lowest BCUT2D eigenvalue weighted by Gasteiger charge is -2.20. The topological polar surface area (TPSA) is 63.7 Å². The summed E-state index contributed by atoms with van der Waals surface area (Å²) < 4.78 is 10.6. The number of pyridine rings is 1. The van der Waals surface area contributed by atoms with Gasteiger partial charge in [0.1, 0.15) is 5.82 Å². The maximum absolute atomic E-state index is 13.0. The van der Waals surface area contributed by atoms with Crippen molar-refractivity contribution >= 4 is 46.8 Å². The fourth-order valence-electron chi connectivity index (χ4n) is 4.48. The summed E-state index contributed by atoms with van der Waals surface area (Å²) in [5.74, 6) is 2.01. The summed E-state index contributed by atoms with van der Waals surface area (Å²) >= 11 is 0. The number of carbonyl (C=O) groups excluding carboxylic acids is 1. The van der Waals surface area contributed by atoms with E-state index in [9.17, 15) is 4.79 Å². The number of rotatable bonds is 7. The molecule has 0 saturated carbocycles. The smallest absolute Gasteiger partial charge is 0.248 e. The number of hydrogen-bond acceptors (Lipinski definition) is 5. The van der Waals surface area contributed by atoms with Crippen molar-refractivity contribution in [2.45, 2.75) is 13.0 Å². The van der Waals surface area contributed by atoms with Crippen LogP contribution in [0.2, 0.25) is 0 Å². The number of hydrogen-bond donors (Lipinski definition) is 1. The highest BCUT2D eigenvalue weighted by Crippen LogP contribution is 2.38. The predicted octanol–water partition coefficient (Wildman–Crippen LogP) is 5.89. The Bertz CT molecular complexity index is 1410. The van der Waals surface area contributed by atoms with E-state index in [1.807, 2.05) is 48.5 Å². The standard InChI is InChI=1S/C29H27N3O3.ClH/c1-34-25-14-12-20(18-26(25)35-2)13-15-27(33)31-28-22-10-6-7-11-24(22)30-29-23(28)16-17-32(29)19-21-8-4-3-5-9-21;/h3-15,18H,16-17,19H2,1-2H3,(H,30,31,33);1H. The highest BCUT2D eigenvalue weighted by atomic mass is 35.5. The number of carbonyl (C=O) groups is 1. The van der Waals surface area contributed by atoms with Crippen molar-refractivity contribution in [1.29, 1.82) is 0 Å². The average Bonchev–Trinajstić information content (AvgIpc) is 3.29. The lowest BCUT2D eigenvalue weighted by atomic mass is 10.1. The number of nitrogens with one attached hydrogen (secondary N) is 1. The Morgan fingerprint density at radius 3 is 2.53 bits per heavy atom. The fraction of sp³-hybridized carbons (Fsp3) is 0.172. The summed E-state index contributed by atoms with van der Waals surface area (Å²) in [6, 6.07) is 23.9. The number of nitrogens with zero attached hydrogens (tertiary/aromatic N) is 2. The molecule has 7 heteroatoms. The number of methoxy groups -OCH3 is 2. The van der Waals surface area contributed by atoms with Gasteiger partial charge in [-0.15, -0.1) is 12.4 Å². The largest absolute Gasteiger partial charge is 0.493 e. The molecule has 1 aliphatic heterocycles. The molecule has 2 heterocycles. The Hall–Kier alpha value is -4.03. The molecule has 36 heavy (non-hydrogen) atoms. The quantitative estimate of drug-likeness (QED) is 0.320. The number of fused-ring (bicyclic) bond motifs is 2. The van der Waals surface area contributed by atoms with Crippen LogP contribution < -0.4 is 19.7 Å². The first-order valence-electron chi connectivity index (χ1n) is 11.6. The average molecular weight is 502 g/mol. The molecule has 0 atom stereocenters. The fourth-order valence-corrected chi connectivity index (χ4v) is 4.48. The molecule has 0 radical (unpaired) electrons. The van der Waals surface area contributed by atoms with E-state index in [4.69, 9.17) is 14.5 Å². The minimum atomic E-state index is -0.195. The van der Waals surface area contributed by atoms with Gasteiger partial charge >= 0.3 is 0 Å². The van der Waals surface area contributed by atoms with Crippen LogP contribution in [0.5, 0.6) is 11.5 Å². The second-order valence-corrected chi connectivity index (χ2v) is 8.40. The number of anilines is 2. The summed E-state index contributed by atoms with van der Waals surface area (Å²) in [7, 11) is 3.19. The molecule has 1 aliphatic rings. The Morgan fingerprint density at radius 1 is 1.00 bits per heavy atom. The minimum absolute atomic E-state index is 0. The molecule has 4 aromatic rings. The van der Waals surface area contributed by atoms with Crippen LogP contribution in [0.3, 0.4) is 0 Å². The highest BCUT2D eigenvalue weighted by Gasteiger charge is 2.26. The van der Waals surface area contributed by atoms with Gasteiger partial charge in [-0.1, -0.05) is 54.6 Å². The molecule has 0 saturated heterocycles. The van der Waals surface area contributed by atoms with E-state index in [1.165, 1.54) is 5.56 Å². The Morgan fingerprint density at radius 2 is 1.75 bits per heavy atom. The van der Waals surface area contributed by atoms with Crippen molar-refractivity contribution in [2.75, 3.05) is 31.0 Å². The van der Waals surface area contributed by atoms with E-state index >= 15 is 0 Å². The maximum Gasteiger partial charge on any atom is 0.248 e. The number of amides is 1.